The molecule has 0 fully saturated rings. The molecular formula is C17H25NO4S. The molecule has 23 heavy (non-hydrogen) atoms. The van der Waals surface area contributed by atoms with Crippen LogP contribution in [-0.4, -0.2) is 31.8 Å². The zero-order chi connectivity index (χ0) is 17.3. The smallest absolute Gasteiger partial charge is 0.307 e. The highest BCUT2D eigenvalue weighted by molar-refractivity contribution is 7.92. The standard InChI is InChI=1S/C17H25NO4S/c1-4-17(2,3)8-10-23(21,22)18-9-7-14-6-5-13(11-15(14)18)12-16(19)20/h5-6,11H,4,7-10,12H2,1-3H3,(H,19,20). The molecule has 0 spiro atoms. The van der Waals surface area contributed by atoms with Crippen molar-refractivity contribution < 1.29 is 18.3 Å². The number of fused-ring (bicyclic) bond motifs is 1. The fourth-order valence-electron chi connectivity index (χ4n) is 2.66. The number of sulfonamides is 1. The minimum atomic E-state index is -3.38. The van der Waals surface area contributed by atoms with Crippen LogP contribution in [0.4, 0.5) is 5.69 Å². The molecule has 0 aliphatic carbocycles. The Morgan fingerprint density at radius 1 is 1.35 bits per heavy atom. The van der Waals surface area contributed by atoms with Crippen LogP contribution in [-0.2, 0) is 27.7 Å². The third-order valence-corrected chi connectivity index (χ3v) is 6.46. The van der Waals surface area contributed by atoms with E-state index in [1.807, 2.05) is 6.07 Å². The molecule has 1 aromatic rings. The summed E-state index contributed by atoms with van der Waals surface area (Å²) < 4.78 is 26.9. The highest BCUT2D eigenvalue weighted by Crippen LogP contribution is 2.33. The van der Waals surface area contributed by atoms with Crippen LogP contribution in [0.1, 0.15) is 44.7 Å². The minimum absolute atomic E-state index is 0.000774. The molecule has 5 nitrogen and oxygen atoms in total. The Morgan fingerprint density at radius 3 is 2.65 bits per heavy atom. The molecule has 128 valence electrons. The van der Waals surface area contributed by atoms with Crippen molar-refractivity contribution in [1.29, 1.82) is 0 Å². The first-order chi connectivity index (χ1) is 10.6. The van der Waals surface area contributed by atoms with E-state index < -0.39 is 16.0 Å². The lowest BCUT2D eigenvalue weighted by molar-refractivity contribution is -0.136. The molecule has 0 radical (unpaired) electrons. The van der Waals surface area contributed by atoms with E-state index in [0.29, 0.717) is 30.6 Å². The number of hydrogen-bond donors (Lipinski definition) is 1. The van der Waals surface area contributed by atoms with Gasteiger partial charge >= 0.3 is 5.97 Å². The van der Waals surface area contributed by atoms with Crippen LogP contribution >= 0.6 is 0 Å². The number of nitrogens with zero attached hydrogens (tertiary/aromatic N) is 1. The van der Waals surface area contributed by atoms with Gasteiger partial charge in [-0.05, 0) is 35.4 Å². The van der Waals surface area contributed by atoms with Crippen LogP contribution in [0.2, 0.25) is 0 Å². The lowest BCUT2D eigenvalue weighted by Gasteiger charge is -2.25. The first-order valence-electron chi connectivity index (χ1n) is 7.99. The van der Waals surface area contributed by atoms with Gasteiger partial charge in [0.05, 0.1) is 17.9 Å². The second-order valence-electron chi connectivity index (χ2n) is 6.94. The van der Waals surface area contributed by atoms with Gasteiger partial charge in [-0.2, -0.15) is 0 Å². The van der Waals surface area contributed by atoms with E-state index in [2.05, 4.69) is 20.8 Å². The average molecular weight is 339 g/mol. The maximum Gasteiger partial charge on any atom is 0.307 e. The highest BCUT2D eigenvalue weighted by Gasteiger charge is 2.31. The van der Waals surface area contributed by atoms with Gasteiger partial charge in [-0.15, -0.1) is 0 Å². The highest BCUT2D eigenvalue weighted by atomic mass is 32.2. The normalized spacial score (nSPS) is 14.8. The summed E-state index contributed by atoms with van der Waals surface area (Å²) in [6.07, 6.45) is 2.14. The number of anilines is 1. The van der Waals surface area contributed by atoms with Crippen molar-refractivity contribution in [2.24, 2.45) is 5.41 Å². The maximum atomic E-state index is 12.7. The van der Waals surface area contributed by atoms with Crippen LogP contribution in [0.5, 0.6) is 0 Å². The molecule has 6 heteroatoms. The molecule has 0 saturated heterocycles. The molecule has 1 aliphatic rings. The van der Waals surface area contributed by atoms with Crippen LogP contribution in [0.3, 0.4) is 0 Å². The lowest BCUT2D eigenvalue weighted by Crippen LogP contribution is -2.33. The maximum absolute atomic E-state index is 12.7. The first-order valence-corrected chi connectivity index (χ1v) is 9.59. The summed E-state index contributed by atoms with van der Waals surface area (Å²) in [6.45, 7) is 6.66. The van der Waals surface area contributed by atoms with E-state index in [0.717, 1.165) is 12.0 Å². The van der Waals surface area contributed by atoms with E-state index in [-0.39, 0.29) is 17.6 Å². The summed E-state index contributed by atoms with van der Waals surface area (Å²) in [5.41, 5.74) is 2.25. The number of rotatable bonds is 7. The largest absolute Gasteiger partial charge is 0.481 e. The van der Waals surface area contributed by atoms with Crippen molar-refractivity contribution in [2.45, 2.75) is 46.5 Å². The van der Waals surface area contributed by atoms with Gasteiger partial charge < -0.3 is 5.11 Å². The SMILES string of the molecule is CCC(C)(C)CCS(=O)(=O)N1CCc2ccc(CC(=O)O)cc21. The van der Waals surface area contributed by atoms with Crippen LogP contribution < -0.4 is 4.31 Å². The van der Waals surface area contributed by atoms with Crippen molar-refractivity contribution in [3.05, 3.63) is 29.3 Å². The van der Waals surface area contributed by atoms with E-state index in [9.17, 15) is 13.2 Å². The summed E-state index contributed by atoms with van der Waals surface area (Å²) >= 11 is 0. The Kier molecular flexibility index (Phi) is 5.04. The van der Waals surface area contributed by atoms with Gasteiger partial charge in [-0.25, -0.2) is 8.42 Å². The minimum Gasteiger partial charge on any atom is -0.481 e. The molecule has 1 N–H and O–H groups in total. The molecule has 1 heterocycles. The Hall–Kier alpha value is -1.56. The van der Waals surface area contributed by atoms with E-state index >= 15 is 0 Å². The van der Waals surface area contributed by atoms with E-state index in [1.165, 1.54) is 4.31 Å². The van der Waals surface area contributed by atoms with Crippen molar-refractivity contribution in [3.8, 4) is 0 Å². The van der Waals surface area contributed by atoms with Crippen molar-refractivity contribution in [1.82, 2.24) is 0 Å². The van der Waals surface area contributed by atoms with Gasteiger partial charge in [0.1, 0.15) is 0 Å². The molecule has 0 bridgehead atoms. The monoisotopic (exact) mass is 339 g/mol. The Morgan fingerprint density at radius 2 is 2.04 bits per heavy atom. The number of carboxylic acids is 1. The molecule has 0 unspecified atom stereocenters. The number of benzene rings is 1. The van der Waals surface area contributed by atoms with Crippen molar-refractivity contribution >= 4 is 21.7 Å². The van der Waals surface area contributed by atoms with Crippen LogP contribution in [0.25, 0.3) is 0 Å². The second-order valence-corrected chi connectivity index (χ2v) is 8.95. The second kappa shape index (κ2) is 6.51. The molecule has 0 saturated carbocycles. The zero-order valence-electron chi connectivity index (χ0n) is 14.0. The summed E-state index contributed by atoms with van der Waals surface area (Å²) in [5, 5.41) is 8.91. The van der Waals surface area contributed by atoms with Crippen LogP contribution in [0.15, 0.2) is 18.2 Å². The Labute approximate surface area is 138 Å². The molecule has 1 aromatic carbocycles. The van der Waals surface area contributed by atoms with Crippen LogP contribution in [0, 0.1) is 5.41 Å². The quantitative estimate of drug-likeness (QED) is 0.829. The van der Waals surface area contributed by atoms with Crippen molar-refractivity contribution in [3.63, 3.8) is 0 Å². The van der Waals surface area contributed by atoms with Gasteiger partial charge in [-0.1, -0.05) is 39.3 Å². The Balaban J connectivity index is 2.22. The molecule has 0 amide bonds. The van der Waals surface area contributed by atoms with Gasteiger partial charge in [0, 0.05) is 6.54 Å². The molecular weight excluding hydrogens is 314 g/mol. The third kappa shape index (κ3) is 4.25. The number of hydrogen-bond acceptors (Lipinski definition) is 3. The predicted octanol–water partition coefficient (Wildman–Crippen LogP) is 2.83. The van der Waals surface area contributed by atoms with E-state index in [4.69, 9.17) is 5.11 Å². The fraction of sp³-hybridized carbons (Fsp3) is 0.588. The molecule has 0 aromatic heterocycles. The number of carbonyl (C=O) groups is 1. The van der Waals surface area contributed by atoms with Gasteiger partial charge in [-0.3, -0.25) is 9.10 Å². The first kappa shape index (κ1) is 17.8. The van der Waals surface area contributed by atoms with Crippen molar-refractivity contribution in [2.75, 3.05) is 16.6 Å². The van der Waals surface area contributed by atoms with E-state index in [1.54, 1.807) is 12.1 Å². The number of carboxylic acid groups (broad SMARTS) is 1. The zero-order valence-corrected chi connectivity index (χ0v) is 14.8. The summed E-state index contributed by atoms with van der Waals surface area (Å²) in [4.78, 5) is 10.9. The fourth-order valence-corrected chi connectivity index (χ4v) is 4.53. The topological polar surface area (TPSA) is 74.7 Å². The summed E-state index contributed by atoms with van der Waals surface area (Å²) in [7, 11) is -3.38. The Bertz CT molecular complexity index is 695. The predicted molar refractivity (Wildman–Crippen MR) is 91.3 cm³/mol. The van der Waals surface area contributed by atoms with Gasteiger partial charge in [0.15, 0.2) is 0 Å². The lowest BCUT2D eigenvalue weighted by atomic mass is 9.87. The van der Waals surface area contributed by atoms with Gasteiger partial charge in [0.25, 0.3) is 0 Å². The molecule has 2 rings (SSSR count). The molecule has 0 atom stereocenters. The van der Waals surface area contributed by atoms with Gasteiger partial charge in [0.2, 0.25) is 10.0 Å². The number of aliphatic carboxylic acids is 1. The summed E-state index contributed by atoms with van der Waals surface area (Å²) in [5.74, 6) is -0.793. The summed E-state index contributed by atoms with van der Waals surface area (Å²) in [6, 6.07) is 5.32. The third-order valence-electron chi connectivity index (χ3n) is 4.69. The molecule has 1 aliphatic heterocycles. The average Bonchev–Trinajstić information content (AvgIpc) is 2.89.